The number of ether oxygens (including phenoxy) is 2. The van der Waals surface area contributed by atoms with E-state index in [1.807, 2.05) is 0 Å². The molecule has 0 atom stereocenters. The highest BCUT2D eigenvalue weighted by atomic mass is 16.6. The van der Waals surface area contributed by atoms with E-state index in [9.17, 15) is 14.4 Å². The van der Waals surface area contributed by atoms with Crippen molar-refractivity contribution in [3.05, 3.63) is 0 Å². The minimum absolute atomic E-state index is 0.146. The fraction of sp³-hybridized carbons (Fsp3) is 0.812. The van der Waals surface area contributed by atoms with E-state index in [4.69, 9.17) is 9.47 Å². The zero-order valence-electron chi connectivity index (χ0n) is 15.8. The van der Waals surface area contributed by atoms with Gasteiger partial charge < -0.3 is 25.0 Å². The normalized spacial score (nSPS) is 11.5. The minimum Gasteiger partial charge on any atom is -0.444 e. The van der Waals surface area contributed by atoms with Gasteiger partial charge in [0.1, 0.15) is 11.2 Å². The Morgan fingerprint density at radius 2 is 1.12 bits per heavy atom. The van der Waals surface area contributed by atoms with Gasteiger partial charge in [-0.1, -0.05) is 0 Å². The molecule has 0 aromatic rings. The van der Waals surface area contributed by atoms with Gasteiger partial charge in [0.05, 0.1) is 0 Å². The maximum Gasteiger partial charge on any atom is 0.407 e. The highest BCUT2D eigenvalue weighted by molar-refractivity contribution is 5.73. The summed E-state index contributed by atoms with van der Waals surface area (Å²) in [6.45, 7) is 13.3. The molecule has 0 radical (unpaired) electrons. The highest BCUT2D eigenvalue weighted by Crippen LogP contribution is 2.07. The van der Waals surface area contributed by atoms with E-state index in [0.29, 0.717) is 13.1 Å². The lowest BCUT2D eigenvalue weighted by atomic mass is 10.2. The van der Waals surface area contributed by atoms with Crippen molar-refractivity contribution >= 4 is 18.1 Å². The van der Waals surface area contributed by atoms with E-state index < -0.39 is 23.4 Å². The summed E-state index contributed by atoms with van der Waals surface area (Å²) in [7, 11) is 0. The molecule has 8 heteroatoms. The standard InChI is InChI=1S/C16H31N3O5/c1-12(20)19(10-8-17-13(21)23-15(2,3)4)11-9-18-14(22)24-16(5,6)7/h8-11H2,1-7H3,(H,17,21)(H,18,22). The van der Waals surface area contributed by atoms with Gasteiger partial charge in [-0.25, -0.2) is 9.59 Å². The first-order chi connectivity index (χ1) is 10.8. The van der Waals surface area contributed by atoms with Crippen molar-refractivity contribution in [3.63, 3.8) is 0 Å². The lowest BCUT2D eigenvalue weighted by molar-refractivity contribution is -0.128. The first kappa shape index (κ1) is 22.0. The van der Waals surface area contributed by atoms with E-state index >= 15 is 0 Å². The predicted octanol–water partition coefficient (Wildman–Crippen LogP) is 1.88. The zero-order valence-corrected chi connectivity index (χ0v) is 15.8. The quantitative estimate of drug-likeness (QED) is 0.766. The van der Waals surface area contributed by atoms with Crippen LogP contribution in [-0.4, -0.2) is 60.4 Å². The second-order valence-corrected chi connectivity index (χ2v) is 7.36. The van der Waals surface area contributed by atoms with Crippen LogP contribution in [0.3, 0.4) is 0 Å². The Labute approximate surface area is 144 Å². The third kappa shape index (κ3) is 12.5. The average Bonchev–Trinajstić information content (AvgIpc) is 2.32. The molecular formula is C16H31N3O5. The van der Waals surface area contributed by atoms with Gasteiger partial charge in [-0.15, -0.1) is 0 Å². The van der Waals surface area contributed by atoms with Crippen molar-refractivity contribution in [2.45, 2.75) is 59.7 Å². The Hall–Kier alpha value is -1.99. The van der Waals surface area contributed by atoms with Gasteiger partial charge in [0, 0.05) is 33.1 Å². The molecule has 0 aromatic heterocycles. The molecule has 0 saturated carbocycles. The fourth-order valence-corrected chi connectivity index (χ4v) is 1.64. The van der Waals surface area contributed by atoms with E-state index in [-0.39, 0.29) is 19.0 Å². The monoisotopic (exact) mass is 345 g/mol. The van der Waals surface area contributed by atoms with Crippen LogP contribution in [0, 0.1) is 0 Å². The van der Waals surface area contributed by atoms with Crippen LogP contribution < -0.4 is 10.6 Å². The molecule has 0 rings (SSSR count). The summed E-state index contributed by atoms with van der Waals surface area (Å²) >= 11 is 0. The molecule has 0 bridgehead atoms. The highest BCUT2D eigenvalue weighted by Gasteiger charge is 2.17. The van der Waals surface area contributed by atoms with Crippen molar-refractivity contribution in [2.24, 2.45) is 0 Å². The van der Waals surface area contributed by atoms with E-state index in [2.05, 4.69) is 10.6 Å². The van der Waals surface area contributed by atoms with Crippen LogP contribution in [0.1, 0.15) is 48.5 Å². The molecule has 0 unspecified atom stereocenters. The molecule has 0 spiro atoms. The summed E-state index contributed by atoms with van der Waals surface area (Å²) in [5.74, 6) is -0.146. The number of hydrogen-bond donors (Lipinski definition) is 2. The summed E-state index contributed by atoms with van der Waals surface area (Å²) in [5, 5.41) is 5.18. The second-order valence-electron chi connectivity index (χ2n) is 7.36. The lowest BCUT2D eigenvalue weighted by Crippen LogP contribution is -2.43. The maximum absolute atomic E-state index is 11.6. The predicted molar refractivity (Wildman–Crippen MR) is 90.7 cm³/mol. The molecule has 0 saturated heterocycles. The van der Waals surface area contributed by atoms with E-state index in [1.54, 1.807) is 41.5 Å². The summed E-state index contributed by atoms with van der Waals surface area (Å²) in [6, 6.07) is 0. The SMILES string of the molecule is CC(=O)N(CCNC(=O)OC(C)(C)C)CCNC(=O)OC(C)(C)C. The molecule has 2 N–H and O–H groups in total. The van der Waals surface area contributed by atoms with Crippen molar-refractivity contribution < 1.29 is 23.9 Å². The minimum atomic E-state index is -0.568. The van der Waals surface area contributed by atoms with Crippen molar-refractivity contribution in [1.82, 2.24) is 15.5 Å². The number of rotatable bonds is 6. The average molecular weight is 345 g/mol. The first-order valence-electron chi connectivity index (χ1n) is 7.99. The lowest BCUT2D eigenvalue weighted by Gasteiger charge is -2.24. The van der Waals surface area contributed by atoms with Crippen LogP contribution in [0.5, 0.6) is 0 Å². The zero-order chi connectivity index (χ0) is 19.0. The van der Waals surface area contributed by atoms with Crippen molar-refractivity contribution in [3.8, 4) is 0 Å². The molecule has 24 heavy (non-hydrogen) atoms. The number of carbonyl (C=O) groups excluding carboxylic acids is 3. The Morgan fingerprint density at radius 1 is 0.792 bits per heavy atom. The topological polar surface area (TPSA) is 97.0 Å². The number of nitrogens with one attached hydrogen (secondary N) is 2. The van der Waals surface area contributed by atoms with Crippen LogP contribution in [0.2, 0.25) is 0 Å². The number of nitrogens with zero attached hydrogens (tertiary/aromatic N) is 1. The smallest absolute Gasteiger partial charge is 0.407 e. The fourth-order valence-electron chi connectivity index (χ4n) is 1.64. The largest absolute Gasteiger partial charge is 0.444 e. The van der Waals surface area contributed by atoms with Crippen LogP contribution in [0.25, 0.3) is 0 Å². The molecule has 0 aromatic carbocycles. The number of amides is 3. The molecular weight excluding hydrogens is 314 g/mol. The van der Waals surface area contributed by atoms with Crippen LogP contribution in [0.15, 0.2) is 0 Å². The van der Waals surface area contributed by atoms with E-state index in [0.717, 1.165) is 0 Å². The van der Waals surface area contributed by atoms with Gasteiger partial charge in [-0.2, -0.15) is 0 Å². The number of alkyl carbamates (subject to hydrolysis) is 2. The molecule has 0 fully saturated rings. The summed E-state index contributed by atoms with van der Waals surface area (Å²) in [5.41, 5.74) is -1.14. The molecule has 0 aliphatic heterocycles. The second kappa shape index (κ2) is 9.34. The molecule has 0 aliphatic rings. The summed E-state index contributed by atoms with van der Waals surface area (Å²) in [6.07, 6.45) is -1.06. The molecule has 0 heterocycles. The first-order valence-corrected chi connectivity index (χ1v) is 7.99. The van der Waals surface area contributed by atoms with Gasteiger partial charge in [-0.3, -0.25) is 4.79 Å². The van der Waals surface area contributed by atoms with Crippen LogP contribution in [0.4, 0.5) is 9.59 Å². The molecule has 8 nitrogen and oxygen atoms in total. The molecule has 140 valence electrons. The summed E-state index contributed by atoms with van der Waals surface area (Å²) < 4.78 is 10.2. The van der Waals surface area contributed by atoms with E-state index in [1.165, 1.54) is 11.8 Å². The van der Waals surface area contributed by atoms with Gasteiger partial charge in [0.15, 0.2) is 0 Å². The Kier molecular flexibility index (Phi) is 8.57. The van der Waals surface area contributed by atoms with Gasteiger partial charge in [-0.05, 0) is 41.5 Å². The van der Waals surface area contributed by atoms with Crippen LogP contribution in [-0.2, 0) is 14.3 Å². The maximum atomic E-state index is 11.6. The van der Waals surface area contributed by atoms with Gasteiger partial charge >= 0.3 is 12.2 Å². The number of hydrogen-bond acceptors (Lipinski definition) is 5. The Bertz CT molecular complexity index is 404. The van der Waals surface area contributed by atoms with Crippen molar-refractivity contribution in [2.75, 3.05) is 26.2 Å². The Morgan fingerprint density at radius 3 is 1.38 bits per heavy atom. The summed E-state index contributed by atoms with van der Waals surface area (Å²) in [4.78, 5) is 36.2. The molecule has 0 aliphatic carbocycles. The van der Waals surface area contributed by atoms with Crippen LogP contribution >= 0.6 is 0 Å². The Balaban J connectivity index is 4.13. The molecule has 3 amide bonds. The third-order valence-corrected chi connectivity index (χ3v) is 2.55. The van der Waals surface area contributed by atoms with Gasteiger partial charge in [0.2, 0.25) is 5.91 Å². The number of carbonyl (C=O) groups is 3. The van der Waals surface area contributed by atoms with Gasteiger partial charge in [0.25, 0.3) is 0 Å². The van der Waals surface area contributed by atoms with Crippen molar-refractivity contribution in [1.29, 1.82) is 0 Å². The third-order valence-electron chi connectivity index (χ3n) is 2.55.